The minimum atomic E-state index is -3.98. The SMILES string of the molecule is Cc1cc(C(=O)N2Cc3ccccc3C(C(=O)O)C2)cc(S(N)(=O)=O)c1C. The van der Waals surface area contributed by atoms with Crippen molar-refractivity contribution < 1.29 is 23.1 Å². The maximum atomic E-state index is 13.0. The van der Waals surface area contributed by atoms with E-state index in [0.29, 0.717) is 16.7 Å². The Hall–Kier alpha value is -2.71. The van der Waals surface area contributed by atoms with Gasteiger partial charge in [0.1, 0.15) is 0 Å². The van der Waals surface area contributed by atoms with Crippen LogP contribution in [0.3, 0.4) is 0 Å². The molecule has 2 aromatic rings. The lowest BCUT2D eigenvalue weighted by molar-refractivity contribution is -0.139. The number of carbonyl (C=O) groups excluding carboxylic acids is 1. The molecule has 1 heterocycles. The van der Waals surface area contributed by atoms with Gasteiger partial charge in [0.25, 0.3) is 5.91 Å². The molecule has 1 atom stereocenters. The van der Waals surface area contributed by atoms with Crippen molar-refractivity contribution in [2.75, 3.05) is 6.54 Å². The lowest BCUT2D eigenvalue weighted by atomic mass is 9.89. The first kappa shape index (κ1) is 19.1. The Balaban J connectivity index is 2.02. The molecule has 0 bridgehead atoms. The van der Waals surface area contributed by atoms with E-state index < -0.39 is 27.8 Å². The lowest BCUT2D eigenvalue weighted by Crippen LogP contribution is -2.40. The van der Waals surface area contributed by atoms with Crippen LogP contribution in [-0.2, 0) is 21.4 Å². The van der Waals surface area contributed by atoms with E-state index in [2.05, 4.69) is 0 Å². The second-order valence-electron chi connectivity index (χ2n) is 6.74. The Morgan fingerprint density at radius 2 is 1.85 bits per heavy atom. The molecule has 3 N–H and O–H groups in total. The summed E-state index contributed by atoms with van der Waals surface area (Å²) in [5.74, 6) is -2.27. The Labute approximate surface area is 157 Å². The first-order valence-electron chi connectivity index (χ1n) is 8.33. The predicted molar refractivity (Wildman–Crippen MR) is 98.8 cm³/mol. The van der Waals surface area contributed by atoms with E-state index in [4.69, 9.17) is 5.14 Å². The Morgan fingerprint density at radius 3 is 2.48 bits per heavy atom. The van der Waals surface area contributed by atoms with Crippen LogP contribution in [0.5, 0.6) is 0 Å². The third-order valence-corrected chi connectivity index (χ3v) is 5.99. The zero-order valence-corrected chi connectivity index (χ0v) is 15.8. The molecule has 142 valence electrons. The van der Waals surface area contributed by atoms with Crippen molar-refractivity contribution in [2.45, 2.75) is 31.2 Å². The number of carboxylic acid groups (broad SMARTS) is 1. The van der Waals surface area contributed by atoms with Gasteiger partial charge in [-0.25, -0.2) is 13.6 Å². The molecule has 1 unspecified atom stereocenters. The summed E-state index contributed by atoms with van der Waals surface area (Å²) in [7, 11) is -3.98. The fourth-order valence-electron chi connectivity index (χ4n) is 3.40. The second-order valence-corrected chi connectivity index (χ2v) is 8.27. The zero-order valence-electron chi connectivity index (χ0n) is 15.0. The smallest absolute Gasteiger partial charge is 0.312 e. The summed E-state index contributed by atoms with van der Waals surface area (Å²) in [5, 5.41) is 14.8. The van der Waals surface area contributed by atoms with Crippen LogP contribution in [0.15, 0.2) is 41.3 Å². The number of nitrogens with zero attached hydrogens (tertiary/aromatic N) is 1. The largest absolute Gasteiger partial charge is 0.481 e. The van der Waals surface area contributed by atoms with Gasteiger partial charge >= 0.3 is 5.97 Å². The van der Waals surface area contributed by atoms with E-state index in [1.54, 1.807) is 44.2 Å². The third-order valence-electron chi connectivity index (χ3n) is 4.95. The molecule has 1 amide bonds. The minimum Gasteiger partial charge on any atom is -0.481 e. The molecule has 3 rings (SSSR count). The van der Waals surface area contributed by atoms with Gasteiger partial charge < -0.3 is 10.0 Å². The van der Waals surface area contributed by atoms with Crippen molar-refractivity contribution in [3.63, 3.8) is 0 Å². The number of aryl methyl sites for hydroxylation is 1. The van der Waals surface area contributed by atoms with Crippen molar-refractivity contribution >= 4 is 21.9 Å². The highest BCUT2D eigenvalue weighted by Crippen LogP contribution is 2.30. The first-order valence-corrected chi connectivity index (χ1v) is 9.88. The van der Waals surface area contributed by atoms with Gasteiger partial charge in [-0.3, -0.25) is 9.59 Å². The van der Waals surface area contributed by atoms with Crippen LogP contribution in [0.25, 0.3) is 0 Å². The third kappa shape index (κ3) is 3.58. The maximum absolute atomic E-state index is 13.0. The number of sulfonamides is 1. The average Bonchev–Trinajstić information content (AvgIpc) is 2.61. The summed E-state index contributed by atoms with van der Waals surface area (Å²) in [6.45, 7) is 3.60. The Kier molecular flexibility index (Phi) is 4.79. The number of rotatable bonds is 3. The van der Waals surface area contributed by atoms with E-state index in [9.17, 15) is 23.1 Å². The van der Waals surface area contributed by atoms with Crippen LogP contribution in [0, 0.1) is 13.8 Å². The van der Waals surface area contributed by atoms with Crippen LogP contribution in [0.4, 0.5) is 0 Å². The Bertz CT molecular complexity index is 1050. The van der Waals surface area contributed by atoms with E-state index in [1.807, 2.05) is 0 Å². The zero-order chi connectivity index (χ0) is 19.9. The van der Waals surface area contributed by atoms with Gasteiger partial charge in [0, 0.05) is 18.7 Å². The van der Waals surface area contributed by atoms with E-state index >= 15 is 0 Å². The van der Waals surface area contributed by atoms with Gasteiger partial charge in [0.2, 0.25) is 10.0 Å². The molecule has 1 aliphatic heterocycles. The monoisotopic (exact) mass is 388 g/mol. The quantitative estimate of drug-likeness (QED) is 0.831. The van der Waals surface area contributed by atoms with Crippen LogP contribution in [-0.4, -0.2) is 36.8 Å². The molecule has 27 heavy (non-hydrogen) atoms. The molecular weight excluding hydrogens is 368 g/mol. The summed E-state index contributed by atoms with van der Waals surface area (Å²) in [5.41, 5.74) is 2.74. The second kappa shape index (κ2) is 6.79. The van der Waals surface area contributed by atoms with E-state index in [0.717, 1.165) is 5.56 Å². The predicted octanol–water partition coefficient (Wildman–Crippen LogP) is 1.78. The number of hydrogen-bond acceptors (Lipinski definition) is 4. The van der Waals surface area contributed by atoms with Crippen molar-refractivity contribution in [3.05, 3.63) is 64.2 Å². The number of carbonyl (C=O) groups is 2. The van der Waals surface area contributed by atoms with Gasteiger partial charge in [-0.1, -0.05) is 24.3 Å². The minimum absolute atomic E-state index is 0.0167. The number of primary sulfonamides is 1. The summed E-state index contributed by atoms with van der Waals surface area (Å²) in [6.07, 6.45) is 0. The summed E-state index contributed by atoms with van der Waals surface area (Å²) in [6, 6.07) is 9.97. The molecule has 0 saturated heterocycles. The van der Waals surface area contributed by atoms with Crippen LogP contribution in [0.1, 0.15) is 38.5 Å². The first-order chi connectivity index (χ1) is 12.6. The van der Waals surface area contributed by atoms with Crippen molar-refractivity contribution in [3.8, 4) is 0 Å². The highest BCUT2D eigenvalue weighted by molar-refractivity contribution is 7.89. The van der Waals surface area contributed by atoms with Gasteiger partial charge in [-0.05, 0) is 48.2 Å². The molecule has 1 aliphatic rings. The fraction of sp³-hybridized carbons (Fsp3) is 0.263. The van der Waals surface area contributed by atoms with Crippen LogP contribution in [0.2, 0.25) is 0 Å². The molecule has 7 nitrogen and oxygen atoms in total. The van der Waals surface area contributed by atoms with Crippen molar-refractivity contribution in [1.82, 2.24) is 4.90 Å². The van der Waals surface area contributed by atoms with E-state index in [1.165, 1.54) is 11.0 Å². The molecule has 0 aliphatic carbocycles. The normalized spacial score (nSPS) is 16.7. The lowest BCUT2D eigenvalue weighted by Gasteiger charge is -2.33. The van der Waals surface area contributed by atoms with Gasteiger partial charge in [0.05, 0.1) is 10.8 Å². The van der Waals surface area contributed by atoms with Crippen LogP contribution >= 0.6 is 0 Å². The fourth-order valence-corrected chi connectivity index (χ4v) is 4.28. The van der Waals surface area contributed by atoms with Gasteiger partial charge in [-0.2, -0.15) is 0 Å². The molecule has 0 aromatic heterocycles. The summed E-state index contributed by atoms with van der Waals surface area (Å²) >= 11 is 0. The van der Waals surface area contributed by atoms with Crippen molar-refractivity contribution in [2.24, 2.45) is 5.14 Å². The molecule has 0 radical (unpaired) electrons. The number of nitrogens with two attached hydrogens (primary N) is 1. The molecule has 2 aromatic carbocycles. The topological polar surface area (TPSA) is 118 Å². The molecule has 0 saturated carbocycles. The van der Waals surface area contributed by atoms with Crippen molar-refractivity contribution in [1.29, 1.82) is 0 Å². The summed E-state index contributed by atoms with van der Waals surface area (Å²) < 4.78 is 23.7. The number of hydrogen-bond donors (Lipinski definition) is 2. The van der Waals surface area contributed by atoms with Gasteiger partial charge in [-0.15, -0.1) is 0 Å². The number of aliphatic carboxylic acids is 1. The number of benzene rings is 2. The highest BCUT2D eigenvalue weighted by Gasteiger charge is 2.33. The Morgan fingerprint density at radius 1 is 1.19 bits per heavy atom. The average molecular weight is 388 g/mol. The summed E-state index contributed by atoms with van der Waals surface area (Å²) in [4.78, 5) is 26.0. The molecule has 8 heteroatoms. The van der Waals surface area contributed by atoms with E-state index in [-0.39, 0.29) is 23.5 Å². The molecule has 0 fully saturated rings. The number of amides is 1. The number of fused-ring (bicyclic) bond motifs is 1. The van der Waals surface area contributed by atoms with Gasteiger partial charge in [0.15, 0.2) is 0 Å². The molecular formula is C19H20N2O5S. The standard InChI is InChI=1S/C19H20N2O5S/c1-11-7-14(8-17(12(11)2)27(20,25)26)18(22)21-9-13-5-3-4-6-15(13)16(10-21)19(23)24/h3-8,16H,9-10H2,1-2H3,(H,23,24)(H2,20,25,26). The highest BCUT2D eigenvalue weighted by atomic mass is 32.2. The maximum Gasteiger partial charge on any atom is 0.312 e. The molecule has 0 spiro atoms. The number of carboxylic acids is 1. The van der Waals surface area contributed by atoms with Crippen LogP contribution < -0.4 is 5.14 Å².